The third-order valence-corrected chi connectivity index (χ3v) is 9.45. The lowest BCUT2D eigenvalue weighted by Crippen LogP contribution is -2.44. The van der Waals surface area contributed by atoms with E-state index in [1.807, 2.05) is 13.8 Å². The Balaban J connectivity index is 1.49. The minimum absolute atomic E-state index is 0.0618. The van der Waals surface area contributed by atoms with E-state index in [0.717, 1.165) is 23.1 Å². The van der Waals surface area contributed by atoms with Crippen LogP contribution in [0.25, 0.3) is 10.2 Å². The SMILES string of the molecule is CC(C)CN(C(=O)CSc1nc(N)c2c3c(sc2n1)CCCC3)[C@H]1CCS(=O)(=O)C1. The Labute approximate surface area is 185 Å². The van der Waals surface area contributed by atoms with Crippen LogP contribution in [0.4, 0.5) is 5.82 Å². The predicted octanol–water partition coefficient (Wildman–Crippen LogP) is 2.92. The van der Waals surface area contributed by atoms with Gasteiger partial charge in [0.15, 0.2) is 15.0 Å². The number of nitrogens with two attached hydrogens (primary N) is 1. The number of anilines is 1. The highest BCUT2D eigenvalue weighted by atomic mass is 32.2. The average molecular weight is 469 g/mol. The molecule has 7 nitrogen and oxygen atoms in total. The molecule has 1 aliphatic carbocycles. The summed E-state index contributed by atoms with van der Waals surface area (Å²) in [6.07, 6.45) is 4.99. The van der Waals surface area contributed by atoms with E-state index >= 15 is 0 Å². The van der Waals surface area contributed by atoms with Gasteiger partial charge >= 0.3 is 0 Å². The molecule has 1 amide bonds. The maximum absolute atomic E-state index is 13.0. The molecule has 0 radical (unpaired) electrons. The van der Waals surface area contributed by atoms with Crippen LogP contribution in [0.2, 0.25) is 0 Å². The van der Waals surface area contributed by atoms with E-state index in [1.165, 1.54) is 35.0 Å². The van der Waals surface area contributed by atoms with Crippen LogP contribution >= 0.6 is 23.1 Å². The van der Waals surface area contributed by atoms with Gasteiger partial charge in [-0.15, -0.1) is 11.3 Å². The van der Waals surface area contributed by atoms with Gasteiger partial charge in [-0.2, -0.15) is 0 Å². The molecule has 0 saturated carbocycles. The first kappa shape index (κ1) is 21.8. The van der Waals surface area contributed by atoms with E-state index in [-0.39, 0.29) is 35.1 Å². The Morgan fingerprint density at radius 1 is 1.30 bits per heavy atom. The number of thiophene rings is 1. The molecule has 2 aromatic heterocycles. The van der Waals surface area contributed by atoms with Gasteiger partial charge in [0.25, 0.3) is 0 Å². The average Bonchev–Trinajstić information content (AvgIpc) is 3.23. The lowest BCUT2D eigenvalue weighted by molar-refractivity contribution is -0.130. The zero-order chi connectivity index (χ0) is 21.5. The molecule has 164 valence electrons. The van der Waals surface area contributed by atoms with Gasteiger partial charge in [-0.1, -0.05) is 25.6 Å². The second kappa shape index (κ2) is 8.63. The largest absolute Gasteiger partial charge is 0.383 e. The Bertz CT molecular complexity index is 1060. The topological polar surface area (TPSA) is 106 Å². The number of rotatable bonds is 6. The molecule has 1 atom stereocenters. The first-order valence-electron chi connectivity index (χ1n) is 10.4. The highest BCUT2D eigenvalue weighted by molar-refractivity contribution is 7.99. The van der Waals surface area contributed by atoms with E-state index in [2.05, 4.69) is 9.97 Å². The lowest BCUT2D eigenvalue weighted by atomic mass is 9.97. The summed E-state index contributed by atoms with van der Waals surface area (Å²) in [7, 11) is -3.05. The van der Waals surface area contributed by atoms with E-state index in [0.29, 0.717) is 23.9 Å². The third kappa shape index (κ3) is 4.60. The molecule has 2 aliphatic rings. The normalized spacial score (nSPS) is 20.6. The number of hydrogen-bond donors (Lipinski definition) is 1. The highest BCUT2D eigenvalue weighted by Crippen LogP contribution is 2.38. The van der Waals surface area contributed by atoms with Gasteiger partial charge in [0.2, 0.25) is 5.91 Å². The number of nitrogen functional groups attached to an aromatic ring is 1. The fraction of sp³-hybridized carbons (Fsp3) is 0.650. The van der Waals surface area contributed by atoms with Gasteiger partial charge in [0.05, 0.1) is 22.6 Å². The standard InChI is InChI=1S/C20H28N4O3S3/c1-12(2)9-24(13-7-8-30(26,27)11-13)16(25)10-28-20-22-18(21)17-14-5-3-4-6-15(14)29-19(17)23-20/h12-13H,3-11H2,1-2H3,(H2,21,22,23)/t13-/m0/s1. The summed E-state index contributed by atoms with van der Waals surface area (Å²) in [5.41, 5.74) is 7.57. The molecule has 0 aromatic carbocycles. The van der Waals surface area contributed by atoms with Crippen molar-refractivity contribution in [1.82, 2.24) is 14.9 Å². The lowest BCUT2D eigenvalue weighted by Gasteiger charge is -2.29. The summed E-state index contributed by atoms with van der Waals surface area (Å²) in [5, 5.41) is 1.50. The summed E-state index contributed by atoms with van der Waals surface area (Å²) < 4.78 is 23.8. The molecule has 0 bridgehead atoms. The molecule has 3 heterocycles. The van der Waals surface area contributed by atoms with E-state index in [9.17, 15) is 13.2 Å². The number of thioether (sulfide) groups is 1. The van der Waals surface area contributed by atoms with Crippen LogP contribution in [0.1, 0.15) is 43.6 Å². The smallest absolute Gasteiger partial charge is 0.233 e. The van der Waals surface area contributed by atoms with Crippen molar-refractivity contribution >= 4 is 54.9 Å². The number of amides is 1. The van der Waals surface area contributed by atoms with Gasteiger partial charge in [-0.3, -0.25) is 4.79 Å². The van der Waals surface area contributed by atoms with Crippen molar-refractivity contribution in [3.05, 3.63) is 10.4 Å². The van der Waals surface area contributed by atoms with Crippen LogP contribution in [0.5, 0.6) is 0 Å². The van der Waals surface area contributed by atoms with Crippen LogP contribution in [0.15, 0.2) is 5.16 Å². The van der Waals surface area contributed by atoms with Crippen molar-refractivity contribution in [3.63, 3.8) is 0 Å². The van der Waals surface area contributed by atoms with E-state index in [4.69, 9.17) is 5.73 Å². The monoisotopic (exact) mass is 468 g/mol. The first-order valence-corrected chi connectivity index (χ1v) is 14.1. The molecule has 1 saturated heterocycles. The minimum atomic E-state index is -3.05. The molecular weight excluding hydrogens is 440 g/mol. The van der Waals surface area contributed by atoms with Crippen LogP contribution in [0.3, 0.4) is 0 Å². The van der Waals surface area contributed by atoms with Gasteiger partial charge in [-0.05, 0) is 43.6 Å². The van der Waals surface area contributed by atoms with Gasteiger partial charge in [0.1, 0.15) is 10.6 Å². The fourth-order valence-electron chi connectivity index (χ4n) is 4.31. The maximum atomic E-state index is 13.0. The summed E-state index contributed by atoms with van der Waals surface area (Å²) >= 11 is 2.97. The Kier molecular flexibility index (Phi) is 6.28. The number of carbonyl (C=O) groups is 1. The van der Waals surface area contributed by atoms with Gasteiger partial charge in [-0.25, -0.2) is 18.4 Å². The number of aryl methyl sites for hydroxylation is 2. The van der Waals surface area contributed by atoms with Crippen LogP contribution < -0.4 is 5.73 Å². The first-order chi connectivity index (χ1) is 14.2. The van der Waals surface area contributed by atoms with Crippen molar-refractivity contribution in [2.45, 2.75) is 57.1 Å². The number of aromatic nitrogens is 2. The molecule has 2 N–H and O–H groups in total. The van der Waals surface area contributed by atoms with Crippen molar-refractivity contribution in [2.75, 3.05) is 29.5 Å². The number of sulfone groups is 1. The molecular formula is C20H28N4O3S3. The van der Waals surface area contributed by atoms with Gasteiger partial charge < -0.3 is 10.6 Å². The molecule has 10 heteroatoms. The Morgan fingerprint density at radius 3 is 2.77 bits per heavy atom. The molecule has 0 spiro atoms. The van der Waals surface area contributed by atoms with Crippen molar-refractivity contribution in [2.24, 2.45) is 5.92 Å². The van der Waals surface area contributed by atoms with Gasteiger partial charge in [0, 0.05) is 17.5 Å². The zero-order valence-corrected chi connectivity index (χ0v) is 19.8. The number of nitrogens with zero attached hydrogens (tertiary/aromatic N) is 3. The molecule has 0 unspecified atom stereocenters. The van der Waals surface area contributed by atoms with Crippen LogP contribution in [-0.4, -0.2) is 59.0 Å². The molecule has 1 aliphatic heterocycles. The van der Waals surface area contributed by atoms with Crippen LogP contribution in [-0.2, 0) is 27.5 Å². The maximum Gasteiger partial charge on any atom is 0.233 e. The molecule has 2 aromatic rings. The predicted molar refractivity (Wildman–Crippen MR) is 123 cm³/mol. The fourth-order valence-corrected chi connectivity index (χ4v) is 8.10. The summed E-state index contributed by atoms with van der Waals surface area (Å²) in [4.78, 5) is 26.1. The summed E-state index contributed by atoms with van der Waals surface area (Å²) in [6, 6.07) is -0.233. The second-order valence-corrected chi connectivity index (χ2v) is 12.8. The number of fused-ring (bicyclic) bond motifs is 3. The summed E-state index contributed by atoms with van der Waals surface area (Å²) in [6.45, 7) is 4.62. The second-order valence-electron chi connectivity index (χ2n) is 8.57. The van der Waals surface area contributed by atoms with E-state index in [1.54, 1.807) is 16.2 Å². The molecule has 30 heavy (non-hydrogen) atoms. The highest BCUT2D eigenvalue weighted by Gasteiger charge is 2.35. The molecule has 4 rings (SSSR count). The van der Waals surface area contributed by atoms with Crippen LogP contribution in [0, 0.1) is 5.92 Å². The third-order valence-electron chi connectivity index (χ3n) is 5.68. The number of hydrogen-bond acceptors (Lipinski definition) is 8. The quantitative estimate of drug-likeness (QED) is 0.513. The Morgan fingerprint density at radius 2 is 2.07 bits per heavy atom. The Hall–Kier alpha value is -1.39. The molecule has 1 fully saturated rings. The van der Waals surface area contributed by atoms with Crippen molar-refractivity contribution < 1.29 is 13.2 Å². The minimum Gasteiger partial charge on any atom is -0.383 e. The zero-order valence-electron chi connectivity index (χ0n) is 17.4. The van der Waals surface area contributed by atoms with E-state index < -0.39 is 9.84 Å². The number of carbonyl (C=O) groups excluding carboxylic acids is 1. The summed E-state index contributed by atoms with van der Waals surface area (Å²) in [5.74, 6) is 1.10. The van der Waals surface area contributed by atoms with Crippen molar-refractivity contribution in [3.8, 4) is 0 Å². The van der Waals surface area contributed by atoms with Crippen molar-refractivity contribution in [1.29, 1.82) is 0 Å².